The Bertz CT molecular complexity index is 249. The standard InChI is InChI=1S/C13H23NO/c1-10(2)5-7-12-9-14-13(15-12)8-6-11(3)4/h9-11H,5-8H2,1-4H3. The molecule has 1 aromatic rings. The summed E-state index contributed by atoms with van der Waals surface area (Å²) in [5.41, 5.74) is 0. The molecule has 0 atom stereocenters. The van der Waals surface area contributed by atoms with E-state index in [0.29, 0.717) is 0 Å². The lowest BCUT2D eigenvalue weighted by Crippen LogP contribution is -1.92. The Kier molecular flexibility index (Phi) is 4.86. The molecule has 1 aromatic heterocycles. The van der Waals surface area contributed by atoms with Gasteiger partial charge in [0.05, 0.1) is 6.20 Å². The number of hydrogen-bond acceptors (Lipinski definition) is 2. The molecule has 1 heterocycles. The minimum atomic E-state index is 0.719. The number of aromatic nitrogens is 1. The van der Waals surface area contributed by atoms with Crippen molar-refractivity contribution in [2.45, 2.75) is 53.4 Å². The molecule has 2 nitrogen and oxygen atoms in total. The highest BCUT2D eigenvalue weighted by molar-refractivity contribution is 4.94. The van der Waals surface area contributed by atoms with Crippen LogP contribution in [0.5, 0.6) is 0 Å². The third-order valence-corrected chi connectivity index (χ3v) is 2.51. The van der Waals surface area contributed by atoms with Gasteiger partial charge < -0.3 is 4.42 Å². The summed E-state index contributed by atoms with van der Waals surface area (Å²) in [5.74, 6) is 3.40. The highest BCUT2D eigenvalue weighted by atomic mass is 16.4. The summed E-state index contributed by atoms with van der Waals surface area (Å²) in [6.45, 7) is 8.91. The summed E-state index contributed by atoms with van der Waals surface area (Å²) in [5, 5.41) is 0. The molecule has 0 aliphatic carbocycles. The molecule has 0 N–H and O–H groups in total. The maximum atomic E-state index is 5.67. The Balaban J connectivity index is 2.35. The molecule has 0 radical (unpaired) electrons. The molecular weight excluding hydrogens is 186 g/mol. The van der Waals surface area contributed by atoms with Crippen LogP contribution in [0.25, 0.3) is 0 Å². The van der Waals surface area contributed by atoms with Crippen molar-refractivity contribution in [3.8, 4) is 0 Å². The van der Waals surface area contributed by atoms with Gasteiger partial charge in [-0.3, -0.25) is 0 Å². The Hall–Kier alpha value is -0.790. The lowest BCUT2D eigenvalue weighted by atomic mass is 10.1. The van der Waals surface area contributed by atoms with E-state index in [-0.39, 0.29) is 0 Å². The van der Waals surface area contributed by atoms with E-state index in [0.717, 1.165) is 42.7 Å². The minimum absolute atomic E-state index is 0.719. The van der Waals surface area contributed by atoms with Gasteiger partial charge >= 0.3 is 0 Å². The molecule has 0 saturated heterocycles. The van der Waals surface area contributed by atoms with Crippen molar-refractivity contribution in [1.82, 2.24) is 4.98 Å². The van der Waals surface area contributed by atoms with Crippen LogP contribution in [-0.4, -0.2) is 4.98 Å². The first-order valence-corrected chi connectivity index (χ1v) is 6.01. The fraction of sp³-hybridized carbons (Fsp3) is 0.769. The smallest absolute Gasteiger partial charge is 0.194 e. The number of hydrogen-bond donors (Lipinski definition) is 0. The van der Waals surface area contributed by atoms with E-state index in [4.69, 9.17) is 4.42 Å². The van der Waals surface area contributed by atoms with Crippen LogP contribution < -0.4 is 0 Å². The lowest BCUT2D eigenvalue weighted by Gasteiger charge is -2.01. The van der Waals surface area contributed by atoms with E-state index in [9.17, 15) is 0 Å². The Morgan fingerprint density at radius 2 is 1.67 bits per heavy atom. The molecule has 0 saturated carbocycles. The van der Waals surface area contributed by atoms with Crippen molar-refractivity contribution in [1.29, 1.82) is 0 Å². The largest absolute Gasteiger partial charge is 0.446 e. The second-order valence-corrected chi connectivity index (χ2v) is 5.09. The average molecular weight is 209 g/mol. The fourth-order valence-corrected chi connectivity index (χ4v) is 1.42. The van der Waals surface area contributed by atoms with E-state index in [1.165, 1.54) is 6.42 Å². The van der Waals surface area contributed by atoms with Gasteiger partial charge in [0.1, 0.15) is 5.76 Å². The maximum absolute atomic E-state index is 5.67. The van der Waals surface area contributed by atoms with Crippen LogP contribution in [-0.2, 0) is 12.8 Å². The zero-order valence-electron chi connectivity index (χ0n) is 10.4. The Labute approximate surface area is 93.1 Å². The number of rotatable bonds is 6. The van der Waals surface area contributed by atoms with Crippen molar-refractivity contribution in [2.24, 2.45) is 11.8 Å². The van der Waals surface area contributed by atoms with Gasteiger partial charge in [-0.1, -0.05) is 27.7 Å². The molecular formula is C13H23NO. The zero-order valence-corrected chi connectivity index (χ0v) is 10.4. The summed E-state index contributed by atoms with van der Waals surface area (Å²) in [6, 6.07) is 0. The summed E-state index contributed by atoms with van der Waals surface area (Å²) in [7, 11) is 0. The second-order valence-electron chi connectivity index (χ2n) is 5.09. The Morgan fingerprint density at radius 1 is 1.07 bits per heavy atom. The first kappa shape index (κ1) is 12.3. The van der Waals surface area contributed by atoms with E-state index in [2.05, 4.69) is 32.7 Å². The van der Waals surface area contributed by atoms with E-state index >= 15 is 0 Å². The third kappa shape index (κ3) is 5.01. The number of nitrogens with zero attached hydrogens (tertiary/aromatic N) is 1. The maximum Gasteiger partial charge on any atom is 0.194 e. The van der Waals surface area contributed by atoms with Crippen LogP contribution in [0.2, 0.25) is 0 Å². The number of aryl methyl sites for hydroxylation is 2. The van der Waals surface area contributed by atoms with Gasteiger partial charge in [-0.05, 0) is 24.7 Å². The first-order chi connectivity index (χ1) is 7.08. The summed E-state index contributed by atoms with van der Waals surface area (Å²) in [6.07, 6.45) is 6.21. The van der Waals surface area contributed by atoms with Gasteiger partial charge in [0, 0.05) is 12.8 Å². The molecule has 0 fully saturated rings. The summed E-state index contributed by atoms with van der Waals surface area (Å²) in [4.78, 5) is 4.30. The van der Waals surface area contributed by atoms with E-state index in [1.807, 2.05) is 6.20 Å². The van der Waals surface area contributed by atoms with Crippen molar-refractivity contribution >= 4 is 0 Å². The van der Waals surface area contributed by atoms with Crippen LogP contribution in [0, 0.1) is 11.8 Å². The predicted molar refractivity (Wildman–Crippen MR) is 62.8 cm³/mol. The van der Waals surface area contributed by atoms with Crippen molar-refractivity contribution in [2.75, 3.05) is 0 Å². The predicted octanol–water partition coefficient (Wildman–Crippen LogP) is 3.85. The quantitative estimate of drug-likeness (QED) is 0.711. The van der Waals surface area contributed by atoms with Crippen molar-refractivity contribution in [3.63, 3.8) is 0 Å². The van der Waals surface area contributed by atoms with Gasteiger partial charge in [0.25, 0.3) is 0 Å². The van der Waals surface area contributed by atoms with Gasteiger partial charge in [0.15, 0.2) is 5.89 Å². The molecule has 0 aliphatic rings. The molecule has 0 bridgehead atoms. The van der Waals surface area contributed by atoms with Gasteiger partial charge in [-0.2, -0.15) is 0 Å². The van der Waals surface area contributed by atoms with Crippen molar-refractivity contribution < 1.29 is 4.42 Å². The molecule has 0 spiro atoms. The van der Waals surface area contributed by atoms with Crippen LogP contribution in [0.15, 0.2) is 10.6 Å². The SMILES string of the molecule is CC(C)CCc1cnc(CCC(C)C)o1. The van der Waals surface area contributed by atoms with E-state index in [1.54, 1.807) is 0 Å². The molecule has 2 heteroatoms. The second kappa shape index (κ2) is 5.94. The summed E-state index contributed by atoms with van der Waals surface area (Å²) >= 11 is 0. The molecule has 0 amide bonds. The third-order valence-electron chi connectivity index (χ3n) is 2.51. The van der Waals surface area contributed by atoms with Crippen LogP contribution in [0.3, 0.4) is 0 Å². The normalized spacial score (nSPS) is 11.6. The van der Waals surface area contributed by atoms with Gasteiger partial charge in [-0.25, -0.2) is 4.98 Å². The highest BCUT2D eigenvalue weighted by Crippen LogP contribution is 2.13. The first-order valence-electron chi connectivity index (χ1n) is 6.01. The minimum Gasteiger partial charge on any atom is -0.446 e. The van der Waals surface area contributed by atoms with Crippen molar-refractivity contribution in [3.05, 3.63) is 17.8 Å². The van der Waals surface area contributed by atoms with E-state index < -0.39 is 0 Å². The molecule has 15 heavy (non-hydrogen) atoms. The van der Waals surface area contributed by atoms with Crippen LogP contribution >= 0.6 is 0 Å². The molecule has 86 valence electrons. The monoisotopic (exact) mass is 209 g/mol. The molecule has 0 unspecified atom stereocenters. The van der Waals surface area contributed by atoms with Gasteiger partial charge in [-0.15, -0.1) is 0 Å². The molecule has 0 aromatic carbocycles. The van der Waals surface area contributed by atoms with Crippen LogP contribution in [0.1, 0.15) is 52.2 Å². The molecule has 0 aliphatic heterocycles. The lowest BCUT2D eigenvalue weighted by molar-refractivity contribution is 0.420. The zero-order chi connectivity index (χ0) is 11.3. The van der Waals surface area contributed by atoms with Crippen LogP contribution in [0.4, 0.5) is 0 Å². The fourth-order valence-electron chi connectivity index (χ4n) is 1.42. The summed E-state index contributed by atoms with van der Waals surface area (Å²) < 4.78 is 5.67. The average Bonchev–Trinajstić information content (AvgIpc) is 2.59. The van der Waals surface area contributed by atoms with Gasteiger partial charge in [0.2, 0.25) is 0 Å². The Morgan fingerprint density at radius 3 is 2.27 bits per heavy atom. The topological polar surface area (TPSA) is 26.0 Å². The molecule has 1 rings (SSSR count). The highest BCUT2D eigenvalue weighted by Gasteiger charge is 2.05. The number of oxazole rings is 1.